The summed E-state index contributed by atoms with van der Waals surface area (Å²) in [4.78, 5) is 11.9. The van der Waals surface area contributed by atoms with Crippen LogP contribution in [0.1, 0.15) is 49.4 Å². The van der Waals surface area contributed by atoms with Gasteiger partial charge in [0.2, 0.25) is 5.22 Å². The number of furan rings is 1. The van der Waals surface area contributed by atoms with Crippen molar-refractivity contribution in [1.29, 1.82) is 0 Å². The number of rotatable bonds is 3. The average molecular weight is 256 g/mol. The van der Waals surface area contributed by atoms with Crippen molar-refractivity contribution < 1.29 is 9.21 Å². The molecule has 3 nitrogen and oxygen atoms in total. The summed E-state index contributed by atoms with van der Waals surface area (Å²) in [6.45, 7) is 2.07. The molecule has 1 aliphatic carbocycles. The van der Waals surface area contributed by atoms with E-state index in [2.05, 4.69) is 12.2 Å². The van der Waals surface area contributed by atoms with Gasteiger partial charge in [0.15, 0.2) is 0 Å². The summed E-state index contributed by atoms with van der Waals surface area (Å²) < 4.78 is 4.92. The predicted molar refractivity (Wildman–Crippen MR) is 67.2 cm³/mol. The summed E-state index contributed by atoms with van der Waals surface area (Å²) in [5.41, 5.74) is 0.425. The second-order valence-corrected chi connectivity index (χ2v) is 5.11. The Balaban J connectivity index is 1.92. The van der Waals surface area contributed by atoms with Crippen LogP contribution in [0.15, 0.2) is 16.7 Å². The van der Waals surface area contributed by atoms with E-state index in [1.807, 2.05) is 0 Å². The van der Waals surface area contributed by atoms with E-state index in [9.17, 15) is 4.79 Å². The van der Waals surface area contributed by atoms with E-state index in [4.69, 9.17) is 16.0 Å². The third-order valence-electron chi connectivity index (χ3n) is 3.58. The molecule has 1 heterocycles. The summed E-state index contributed by atoms with van der Waals surface area (Å²) in [5.74, 6) is 0.459. The van der Waals surface area contributed by atoms with Gasteiger partial charge in [-0.2, -0.15) is 0 Å². The average Bonchev–Trinajstić information content (AvgIpc) is 2.76. The van der Waals surface area contributed by atoms with Gasteiger partial charge in [-0.15, -0.1) is 0 Å². The van der Waals surface area contributed by atoms with Gasteiger partial charge in [0.1, 0.15) is 0 Å². The van der Waals surface area contributed by atoms with E-state index >= 15 is 0 Å². The van der Waals surface area contributed by atoms with Gasteiger partial charge in [0, 0.05) is 6.04 Å². The van der Waals surface area contributed by atoms with Gasteiger partial charge in [-0.25, -0.2) is 0 Å². The zero-order valence-corrected chi connectivity index (χ0v) is 10.8. The topological polar surface area (TPSA) is 42.2 Å². The van der Waals surface area contributed by atoms with Crippen molar-refractivity contribution in [2.24, 2.45) is 5.92 Å². The molecule has 0 bridgehead atoms. The number of hydrogen-bond donors (Lipinski definition) is 1. The second-order valence-electron chi connectivity index (χ2n) is 4.77. The summed E-state index contributed by atoms with van der Waals surface area (Å²) in [6, 6.07) is 1.80. The molecule has 1 amide bonds. The van der Waals surface area contributed by atoms with Gasteiger partial charge in [-0.1, -0.05) is 19.3 Å². The van der Waals surface area contributed by atoms with Crippen molar-refractivity contribution in [2.75, 3.05) is 0 Å². The SMILES string of the molecule is CC(NC(=O)c1ccoc1Cl)C1CCCCC1. The van der Waals surface area contributed by atoms with Crippen molar-refractivity contribution in [1.82, 2.24) is 5.32 Å². The van der Waals surface area contributed by atoms with Crippen LogP contribution >= 0.6 is 11.6 Å². The molecule has 0 aliphatic heterocycles. The lowest BCUT2D eigenvalue weighted by atomic mass is 9.84. The molecule has 0 saturated heterocycles. The maximum atomic E-state index is 11.9. The quantitative estimate of drug-likeness (QED) is 0.896. The first-order chi connectivity index (χ1) is 8.18. The van der Waals surface area contributed by atoms with E-state index in [0.29, 0.717) is 11.5 Å². The zero-order valence-electron chi connectivity index (χ0n) is 10.0. The minimum Gasteiger partial charge on any atom is -0.452 e. The maximum Gasteiger partial charge on any atom is 0.256 e. The highest BCUT2D eigenvalue weighted by molar-refractivity contribution is 6.32. The molecule has 0 spiro atoms. The van der Waals surface area contributed by atoms with Crippen LogP contribution in [0.25, 0.3) is 0 Å². The number of halogens is 1. The molecular formula is C13H18ClNO2. The van der Waals surface area contributed by atoms with Crippen LogP contribution in [0.5, 0.6) is 0 Å². The predicted octanol–water partition coefficient (Wildman–Crippen LogP) is 3.63. The van der Waals surface area contributed by atoms with Crippen molar-refractivity contribution in [3.05, 3.63) is 23.1 Å². The largest absolute Gasteiger partial charge is 0.452 e. The highest BCUT2D eigenvalue weighted by atomic mass is 35.5. The summed E-state index contributed by atoms with van der Waals surface area (Å²) >= 11 is 5.78. The normalized spacial score (nSPS) is 18.9. The molecule has 4 heteroatoms. The van der Waals surface area contributed by atoms with Crippen LogP contribution in [-0.4, -0.2) is 11.9 Å². The van der Waals surface area contributed by atoms with E-state index in [1.165, 1.54) is 38.4 Å². The van der Waals surface area contributed by atoms with Crippen molar-refractivity contribution >= 4 is 17.5 Å². The van der Waals surface area contributed by atoms with E-state index in [-0.39, 0.29) is 17.2 Å². The van der Waals surface area contributed by atoms with E-state index < -0.39 is 0 Å². The Hall–Kier alpha value is -0.960. The van der Waals surface area contributed by atoms with E-state index in [1.54, 1.807) is 6.07 Å². The second kappa shape index (κ2) is 5.58. The molecule has 1 N–H and O–H groups in total. The molecule has 1 fully saturated rings. The summed E-state index contributed by atoms with van der Waals surface area (Å²) in [7, 11) is 0. The Morgan fingerprint density at radius 2 is 2.18 bits per heavy atom. The molecule has 2 rings (SSSR count). The van der Waals surface area contributed by atoms with Crippen LogP contribution in [0, 0.1) is 5.92 Å². The molecule has 0 aromatic carbocycles. The van der Waals surface area contributed by atoms with Gasteiger partial charge in [0.05, 0.1) is 11.8 Å². The van der Waals surface area contributed by atoms with Crippen molar-refractivity contribution in [3.8, 4) is 0 Å². The van der Waals surface area contributed by atoms with Gasteiger partial charge in [-0.05, 0) is 43.4 Å². The smallest absolute Gasteiger partial charge is 0.256 e. The third kappa shape index (κ3) is 3.03. The minimum atomic E-state index is -0.137. The molecule has 1 aromatic heterocycles. The summed E-state index contributed by atoms with van der Waals surface area (Å²) in [5, 5.41) is 3.17. The molecule has 1 aliphatic rings. The first kappa shape index (κ1) is 12.5. The number of nitrogens with one attached hydrogen (secondary N) is 1. The monoisotopic (exact) mass is 255 g/mol. The van der Waals surface area contributed by atoms with Crippen LogP contribution in [0.2, 0.25) is 5.22 Å². The molecular weight excluding hydrogens is 238 g/mol. The lowest BCUT2D eigenvalue weighted by Gasteiger charge is -2.28. The van der Waals surface area contributed by atoms with Crippen molar-refractivity contribution in [3.63, 3.8) is 0 Å². The molecule has 1 unspecified atom stereocenters. The van der Waals surface area contributed by atoms with Crippen LogP contribution in [-0.2, 0) is 0 Å². The number of hydrogen-bond acceptors (Lipinski definition) is 2. The Labute approximate surface area is 107 Å². The number of carbonyl (C=O) groups excluding carboxylic acids is 1. The Kier molecular flexibility index (Phi) is 4.11. The standard InChI is InChI=1S/C13H18ClNO2/c1-9(10-5-3-2-4-6-10)15-13(16)11-7-8-17-12(11)14/h7-10H,2-6H2,1H3,(H,15,16). The maximum absolute atomic E-state index is 11.9. The fraction of sp³-hybridized carbons (Fsp3) is 0.615. The van der Waals surface area contributed by atoms with E-state index in [0.717, 1.165) is 0 Å². The lowest BCUT2D eigenvalue weighted by molar-refractivity contribution is 0.0919. The van der Waals surface area contributed by atoms with Gasteiger partial charge in [-0.3, -0.25) is 4.79 Å². The van der Waals surface area contributed by atoms with Crippen molar-refractivity contribution in [2.45, 2.75) is 45.1 Å². The minimum absolute atomic E-state index is 0.137. The fourth-order valence-electron chi connectivity index (χ4n) is 2.49. The van der Waals surface area contributed by atoms with Crippen LogP contribution in [0.3, 0.4) is 0 Å². The zero-order chi connectivity index (χ0) is 12.3. The molecule has 1 aromatic rings. The Bertz CT molecular complexity index is 383. The Morgan fingerprint density at radius 1 is 1.47 bits per heavy atom. The van der Waals surface area contributed by atoms with Crippen LogP contribution < -0.4 is 5.32 Å². The molecule has 1 saturated carbocycles. The Morgan fingerprint density at radius 3 is 2.76 bits per heavy atom. The fourth-order valence-corrected chi connectivity index (χ4v) is 2.69. The highest BCUT2D eigenvalue weighted by Gasteiger charge is 2.23. The first-order valence-corrected chi connectivity index (χ1v) is 6.60. The summed E-state index contributed by atoms with van der Waals surface area (Å²) in [6.07, 6.45) is 7.73. The van der Waals surface area contributed by atoms with Gasteiger partial charge in [0.25, 0.3) is 5.91 Å². The van der Waals surface area contributed by atoms with Gasteiger partial charge < -0.3 is 9.73 Å². The molecule has 17 heavy (non-hydrogen) atoms. The highest BCUT2D eigenvalue weighted by Crippen LogP contribution is 2.26. The lowest BCUT2D eigenvalue weighted by Crippen LogP contribution is -2.38. The van der Waals surface area contributed by atoms with Crippen LogP contribution in [0.4, 0.5) is 0 Å². The molecule has 0 radical (unpaired) electrons. The molecule has 94 valence electrons. The van der Waals surface area contributed by atoms with Gasteiger partial charge >= 0.3 is 0 Å². The first-order valence-electron chi connectivity index (χ1n) is 6.22. The number of amides is 1. The molecule has 1 atom stereocenters. The third-order valence-corrected chi connectivity index (χ3v) is 3.87. The number of carbonyl (C=O) groups is 1.